The molecule has 1 unspecified atom stereocenters. The molecule has 0 amide bonds. The third-order valence-corrected chi connectivity index (χ3v) is 3.19. The summed E-state index contributed by atoms with van der Waals surface area (Å²) in [6.45, 7) is 1.84. The Morgan fingerprint density at radius 3 is 2.88 bits per heavy atom. The van der Waals surface area contributed by atoms with E-state index in [4.69, 9.17) is 10.3 Å². The van der Waals surface area contributed by atoms with Gasteiger partial charge in [0.25, 0.3) is 5.89 Å². The minimum atomic E-state index is -0.193. The molecule has 1 aliphatic carbocycles. The first-order valence-corrected chi connectivity index (χ1v) is 5.95. The summed E-state index contributed by atoms with van der Waals surface area (Å²) in [6, 6.07) is 6.17. The van der Waals surface area contributed by atoms with Crippen LogP contribution in [0.25, 0.3) is 11.5 Å². The monoisotopic (exact) mass is 229 g/mol. The maximum absolute atomic E-state index is 5.71. The van der Waals surface area contributed by atoms with Crippen LogP contribution in [0.3, 0.4) is 0 Å². The van der Waals surface area contributed by atoms with E-state index in [-0.39, 0.29) is 6.04 Å². The van der Waals surface area contributed by atoms with Gasteiger partial charge in [0.2, 0.25) is 0 Å². The van der Waals surface area contributed by atoms with Crippen LogP contribution in [-0.2, 0) is 12.8 Å². The van der Waals surface area contributed by atoms with Crippen LogP contribution < -0.4 is 5.73 Å². The number of aromatic nitrogens is 2. The van der Waals surface area contributed by atoms with E-state index in [1.54, 1.807) is 0 Å². The molecule has 0 bridgehead atoms. The summed E-state index contributed by atoms with van der Waals surface area (Å²) in [4.78, 5) is 4.30. The van der Waals surface area contributed by atoms with Crippen molar-refractivity contribution in [1.82, 2.24) is 10.1 Å². The van der Waals surface area contributed by atoms with E-state index in [0.717, 1.165) is 12.0 Å². The minimum absolute atomic E-state index is 0.193. The van der Waals surface area contributed by atoms with Crippen molar-refractivity contribution in [1.29, 1.82) is 0 Å². The lowest BCUT2D eigenvalue weighted by atomic mass is 10.1. The van der Waals surface area contributed by atoms with Gasteiger partial charge in [-0.05, 0) is 49.4 Å². The van der Waals surface area contributed by atoms with Gasteiger partial charge in [-0.2, -0.15) is 4.98 Å². The average molecular weight is 229 g/mol. The van der Waals surface area contributed by atoms with E-state index < -0.39 is 0 Å². The van der Waals surface area contributed by atoms with Crippen LogP contribution in [0.1, 0.15) is 36.3 Å². The highest BCUT2D eigenvalue weighted by Crippen LogP contribution is 2.27. The summed E-state index contributed by atoms with van der Waals surface area (Å²) in [7, 11) is 0. The molecule has 0 radical (unpaired) electrons. The topological polar surface area (TPSA) is 64.9 Å². The van der Waals surface area contributed by atoms with Crippen molar-refractivity contribution in [2.24, 2.45) is 5.73 Å². The molecule has 1 aromatic carbocycles. The molecular weight excluding hydrogens is 214 g/mol. The highest BCUT2D eigenvalue weighted by atomic mass is 16.5. The van der Waals surface area contributed by atoms with Crippen molar-refractivity contribution in [3.63, 3.8) is 0 Å². The fraction of sp³-hybridized carbons (Fsp3) is 0.385. The van der Waals surface area contributed by atoms with Gasteiger partial charge in [-0.1, -0.05) is 11.2 Å². The molecule has 1 atom stereocenters. The molecule has 0 aliphatic heterocycles. The standard InChI is InChI=1S/C13H15N3O/c1-8(14)12-15-13(17-16-12)11-6-5-9-3-2-4-10(9)7-11/h5-8H,2-4,14H2,1H3. The van der Waals surface area contributed by atoms with Crippen molar-refractivity contribution < 1.29 is 4.52 Å². The largest absolute Gasteiger partial charge is 0.334 e. The van der Waals surface area contributed by atoms with E-state index in [9.17, 15) is 0 Å². The lowest BCUT2D eigenvalue weighted by Crippen LogP contribution is -2.06. The third kappa shape index (κ3) is 1.85. The predicted molar refractivity (Wildman–Crippen MR) is 64.4 cm³/mol. The smallest absolute Gasteiger partial charge is 0.257 e. The first kappa shape index (κ1) is 10.5. The molecule has 0 spiro atoms. The zero-order valence-corrected chi connectivity index (χ0v) is 9.81. The Labute approximate surface area is 99.8 Å². The third-order valence-electron chi connectivity index (χ3n) is 3.19. The van der Waals surface area contributed by atoms with E-state index in [1.165, 1.54) is 24.0 Å². The molecule has 0 saturated heterocycles. The van der Waals surface area contributed by atoms with Gasteiger partial charge < -0.3 is 10.3 Å². The molecule has 4 nitrogen and oxygen atoms in total. The Balaban J connectivity index is 1.97. The summed E-state index contributed by atoms with van der Waals surface area (Å²) in [5.41, 5.74) is 9.55. The van der Waals surface area contributed by atoms with Gasteiger partial charge >= 0.3 is 0 Å². The number of benzene rings is 1. The van der Waals surface area contributed by atoms with Gasteiger partial charge in [-0.25, -0.2) is 0 Å². The van der Waals surface area contributed by atoms with Crippen LogP contribution in [0.5, 0.6) is 0 Å². The molecule has 0 fully saturated rings. The van der Waals surface area contributed by atoms with Crippen LogP contribution >= 0.6 is 0 Å². The number of hydrogen-bond donors (Lipinski definition) is 1. The van der Waals surface area contributed by atoms with Crippen molar-refractivity contribution >= 4 is 0 Å². The van der Waals surface area contributed by atoms with Crippen LogP contribution in [0.15, 0.2) is 22.7 Å². The highest BCUT2D eigenvalue weighted by molar-refractivity contribution is 5.56. The highest BCUT2D eigenvalue weighted by Gasteiger charge is 2.15. The van der Waals surface area contributed by atoms with Crippen molar-refractivity contribution in [2.75, 3.05) is 0 Å². The quantitative estimate of drug-likeness (QED) is 0.857. The van der Waals surface area contributed by atoms with Crippen molar-refractivity contribution in [3.05, 3.63) is 35.2 Å². The number of aryl methyl sites for hydroxylation is 2. The number of nitrogens with zero attached hydrogens (tertiary/aromatic N) is 2. The molecule has 88 valence electrons. The zero-order chi connectivity index (χ0) is 11.8. The Bertz CT molecular complexity index is 545. The van der Waals surface area contributed by atoms with Gasteiger partial charge in [-0.3, -0.25) is 0 Å². The molecule has 1 aliphatic rings. The number of nitrogens with two attached hydrogens (primary N) is 1. The summed E-state index contributed by atoms with van der Waals surface area (Å²) in [6.07, 6.45) is 3.58. The Kier molecular flexibility index (Phi) is 2.44. The molecule has 3 rings (SSSR count). The van der Waals surface area contributed by atoms with Crippen LogP contribution in [0.4, 0.5) is 0 Å². The summed E-state index contributed by atoms with van der Waals surface area (Å²) < 4.78 is 5.23. The van der Waals surface area contributed by atoms with Gasteiger partial charge in [0.05, 0.1) is 6.04 Å². The minimum Gasteiger partial charge on any atom is -0.334 e. The Hall–Kier alpha value is -1.68. The lowest BCUT2D eigenvalue weighted by Gasteiger charge is -2.00. The van der Waals surface area contributed by atoms with Crippen molar-refractivity contribution in [2.45, 2.75) is 32.2 Å². The number of rotatable bonds is 2. The molecule has 0 saturated carbocycles. The summed E-state index contributed by atoms with van der Waals surface area (Å²) >= 11 is 0. The fourth-order valence-electron chi connectivity index (χ4n) is 2.24. The summed E-state index contributed by atoms with van der Waals surface area (Å²) in [5, 5.41) is 3.87. The number of fused-ring (bicyclic) bond motifs is 1. The average Bonchev–Trinajstić information content (AvgIpc) is 2.97. The molecule has 2 aromatic rings. The van der Waals surface area contributed by atoms with E-state index in [0.29, 0.717) is 11.7 Å². The molecule has 1 aromatic heterocycles. The maximum Gasteiger partial charge on any atom is 0.257 e. The normalized spacial score (nSPS) is 15.9. The van der Waals surface area contributed by atoms with E-state index in [2.05, 4.69) is 22.3 Å². The predicted octanol–water partition coefficient (Wildman–Crippen LogP) is 2.25. The van der Waals surface area contributed by atoms with Gasteiger partial charge in [0.15, 0.2) is 5.82 Å². The van der Waals surface area contributed by atoms with Crippen molar-refractivity contribution in [3.8, 4) is 11.5 Å². The fourth-order valence-corrected chi connectivity index (χ4v) is 2.24. The van der Waals surface area contributed by atoms with Crippen LogP contribution in [-0.4, -0.2) is 10.1 Å². The van der Waals surface area contributed by atoms with Crippen LogP contribution in [0.2, 0.25) is 0 Å². The number of hydrogen-bond acceptors (Lipinski definition) is 4. The summed E-state index contributed by atoms with van der Waals surface area (Å²) in [5.74, 6) is 1.12. The Morgan fingerprint density at radius 1 is 1.29 bits per heavy atom. The van der Waals surface area contributed by atoms with Crippen LogP contribution in [0, 0.1) is 0 Å². The van der Waals surface area contributed by atoms with E-state index >= 15 is 0 Å². The second-order valence-electron chi connectivity index (χ2n) is 4.58. The molecule has 1 heterocycles. The SMILES string of the molecule is CC(N)c1noc(-c2ccc3c(c2)CCC3)n1. The Morgan fingerprint density at radius 2 is 2.12 bits per heavy atom. The second kappa shape index (κ2) is 3.96. The molecule has 2 N–H and O–H groups in total. The van der Waals surface area contributed by atoms with Gasteiger partial charge in [-0.15, -0.1) is 0 Å². The second-order valence-corrected chi connectivity index (χ2v) is 4.58. The first-order chi connectivity index (χ1) is 8.24. The first-order valence-electron chi connectivity index (χ1n) is 5.95. The molecular formula is C13H15N3O. The molecule has 4 heteroatoms. The lowest BCUT2D eigenvalue weighted by molar-refractivity contribution is 0.418. The van der Waals surface area contributed by atoms with Gasteiger partial charge in [0, 0.05) is 5.56 Å². The molecule has 17 heavy (non-hydrogen) atoms. The van der Waals surface area contributed by atoms with E-state index in [1.807, 2.05) is 13.0 Å². The maximum atomic E-state index is 5.71. The van der Waals surface area contributed by atoms with Gasteiger partial charge in [0.1, 0.15) is 0 Å². The zero-order valence-electron chi connectivity index (χ0n) is 9.81.